The lowest BCUT2D eigenvalue weighted by atomic mass is 9.89. The maximum Gasteiger partial charge on any atom is 0.166 e. The van der Waals surface area contributed by atoms with E-state index < -0.39 is 0 Å². The number of Topliss-reactive ketones (excluding diaryl/α,β-unsaturated/α-hetero) is 1. The number of aryl methyl sites for hydroxylation is 1. The van der Waals surface area contributed by atoms with Crippen LogP contribution in [0.2, 0.25) is 0 Å². The Morgan fingerprint density at radius 2 is 2.07 bits per heavy atom. The lowest BCUT2D eigenvalue weighted by molar-refractivity contribution is 0.0895. The fraction of sp³-hybridized carbons (Fsp3) is 0.462. The van der Waals surface area contributed by atoms with Gasteiger partial charge in [-0.15, -0.1) is 0 Å². The number of piperidine rings is 1. The first-order valence-electron chi connectivity index (χ1n) is 5.59. The van der Waals surface area contributed by atoms with Crippen LogP contribution in [0.5, 0.6) is 0 Å². The molecule has 1 aromatic carbocycles. The molecule has 1 aromatic rings. The average Bonchev–Trinajstić information content (AvgIpc) is 2.29. The van der Waals surface area contributed by atoms with Crippen LogP contribution in [0.25, 0.3) is 0 Å². The SMILES string of the molecule is Cc1cccc(C(=O)C2CCNCC2)c1. The van der Waals surface area contributed by atoms with Crippen molar-refractivity contribution < 1.29 is 4.79 Å². The Morgan fingerprint density at radius 3 is 2.73 bits per heavy atom. The minimum atomic E-state index is 0.230. The van der Waals surface area contributed by atoms with Crippen LogP contribution in [0, 0.1) is 12.8 Å². The minimum absolute atomic E-state index is 0.230. The Morgan fingerprint density at radius 1 is 1.33 bits per heavy atom. The number of ketones is 1. The van der Waals surface area contributed by atoms with Gasteiger partial charge in [0.25, 0.3) is 0 Å². The molecule has 1 aliphatic rings. The van der Waals surface area contributed by atoms with Gasteiger partial charge in [0.2, 0.25) is 0 Å². The van der Waals surface area contributed by atoms with E-state index in [1.54, 1.807) is 0 Å². The first-order chi connectivity index (χ1) is 7.27. The number of benzene rings is 1. The third-order valence-electron chi connectivity index (χ3n) is 3.01. The van der Waals surface area contributed by atoms with Crippen molar-refractivity contribution in [3.8, 4) is 0 Å². The Labute approximate surface area is 90.7 Å². The smallest absolute Gasteiger partial charge is 0.166 e. The highest BCUT2D eigenvalue weighted by molar-refractivity contribution is 5.98. The van der Waals surface area contributed by atoms with Crippen molar-refractivity contribution in [3.63, 3.8) is 0 Å². The van der Waals surface area contributed by atoms with E-state index in [2.05, 4.69) is 5.32 Å². The van der Waals surface area contributed by atoms with Crippen molar-refractivity contribution in [1.29, 1.82) is 0 Å². The zero-order valence-corrected chi connectivity index (χ0v) is 9.12. The van der Waals surface area contributed by atoms with E-state index in [0.29, 0.717) is 5.78 Å². The van der Waals surface area contributed by atoms with Gasteiger partial charge < -0.3 is 5.32 Å². The van der Waals surface area contributed by atoms with Crippen LogP contribution in [-0.4, -0.2) is 18.9 Å². The van der Waals surface area contributed by atoms with Crippen LogP contribution in [0.1, 0.15) is 28.8 Å². The summed E-state index contributed by atoms with van der Waals surface area (Å²) in [4.78, 5) is 12.1. The first kappa shape index (κ1) is 10.4. The highest BCUT2D eigenvalue weighted by Gasteiger charge is 2.21. The molecule has 15 heavy (non-hydrogen) atoms. The van der Waals surface area contributed by atoms with Crippen molar-refractivity contribution >= 4 is 5.78 Å². The third-order valence-corrected chi connectivity index (χ3v) is 3.01. The van der Waals surface area contributed by atoms with Crippen LogP contribution in [0.3, 0.4) is 0 Å². The molecule has 1 N–H and O–H groups in total. The van der Waals surface area contributed by atoms with Crippen LogP contribution in [0.15, 0.2) is 24.3 Å². The molecule has 80 valence electrons. The molecular formula is C13H17NO. The summed E-state index contributed by atoms with van der Waals surface area (Å²) >= 11 is 0. The molecule has 2 heteroatoms. The molecule has 2 nitrogen and oxygen atoms in total. The van der Waals surface area contributed by atoms with E-state index in [1.807, 2.05) is 31.2 Å². The van der Waals surface area contributed by atoms with Gasteiger partial charge in [-0.25, -0.2) is 0 Å². The van der Waals surface area contributed by atoms with Crippen LogP contribution < -0.4 is 5.32 Å². The maximum absolute atomic E-state index is 12.1. The normalized spacial score (nSPS) is 17.7. The van der Waals surface area contributed by atoms with Crippen molar-refractivity contribution in [2.75, 3.05) is 13.1 Å². The first-order valence-corrected chi connectivity index (χ1v) is 5.59. The molecule has 0 saturated carbocycles. The van der Waals surface area contributed by atoms with Gasteiger partial charge in [-0.2, -0.15) is 0 Å². The second kappa shape index (κ2) is 4.58. The van der Waals surface area contributed by atoms with Gasteiger partial charge in [0.15, 0.2) is 5.78 Å². The molecule has 0 spiro atoms. The maximum atomic E-state index is 12.1. The van der Waals surface area contributed by atoms with E-state index in [4.69, 9.17) is 0 Å². The second-order valence-corrected chi connectivity index (χ2v) is 4.26. The van der Waals surface area contributed by atoms with Gasteiger partial charge >= 0.3 is 0 Å². The summed E-state index contributed by atoms with van der Waals surface area (Å²) in [7, 11) is 0. The summed E-state index contributed by atoms with van der Waals surface area (Å²) in [6.45, 7) is 3.98. The summed E-state index contributed by atoms with van der Waals surface area (Å²) < 4.78 is 0. The molecule has 1 fully saturated rings. The summed E-state index contributed by atoms with van der Waals surface area (Å²) in [6, 6.07) is 7.91. The molecule has 1 heterocycles. The van der Waals surface area contributed by atoms with Crippen molar-refractivity contribution in [1.82, 2.24) is 5.32 Å². The molecule has 0 aliphatic carbocycles. The molecule has 0 unspecified atom stereocenters. The number of hydrogen-bond donors (Lipinski definition) is 1. The molecule has 1 saturated heterocycles. The number of carbonyl (C=O) groups is 1. The zero-order chi connectivity index (χ0) is 10.7. The van der Waals surface area contributed by atoms with E-state index >= 15 is 0 Å². The number of nitrogens with one attached hydrogen (secondary N) is 1. The van der Waals surface area contributed by atoms with E-state index in [1.165, 1.54) is 0 Å². The largest absolute Gasteiger partial charge is 0.317 e. The van der Waals surface area contributed by atoms with Crippen molar-refractivity contribution in [2.45, 2.75) is 19.8 Å². The minimum Gasteiger partial charge on any atom is -0.317 e. The quantitative estimate of drug-likeness (QED) is 0.746. The summed E-state index contributed by atoms with van der Waals surface area (Å²) in [5, 5.41) is 3.28. The van der Waals surface area contributed by atoms with E-state index in [9.17, 15) is 4.79 Å². The molecule has 2 rings (SSSR count). The molecule has 1 aliphatic heterocycles. The monoisotopic (exact) mass is 203 g/mol. The van der Waals surface area contributed by atoms with Crippen LogP contribution >= 0.6 is 0 Å². The Hall–Kier alpha value is -1.15. The van der Waals surface area contributed by atoms with Gasteiger partial charge in [-0.3, -0.25) is 4.79 Å². The molecule has 0 amide bonds. The third kappa shape index (κ3) is 2.45. The summed E-state index contributed by atoms with van der Waals surface area (Å²) in [5.74, 6) is 0.549. The lowest BCUT2D eigenvalue weighted by Crippen LogP contribution is -2.31. The predicted octanol–water partition coefficient (Wildman–Crippen LogP) is 2.18. The zero-order valence-electron chi connectivity index (χ0n) is 9.12. The van der Waals surface area contributed by atoms with Crippen molar-refractivity contribution in [3.05, 3.63) is 35.4 Å². The van der Waals surface area contributed by atoms with Gasteiger partial charge in [0.1, 0.15) is 0 Å². The fourth-order valence-electron chi connectivity index (χ4n) is 2.12. The van der Waals surface area contributed by atoms with Crippen LogP contribution in [-0.2, 0) is 0 Å². The van der Waals surface area contributed by atoms with Crippen molar-refractivity contribution in [2.24, 2.45) is 5.92 Å². The Kier molecular flexibility index (Phi) is 3.17. The topological polar surface area (TPSA) is 29.1 Å². The number of rotatable bonds is 2. The average molecular weight is 203 g/mol. The molecular weight excluding hydrogens is 186 g/mol. The van der Waals surface area contributed by atoms with E-state index in [-0.39, 0.29) is 5.92 Å². The number of hydrogen-bond acceptors (Lipinski definition) is 2. The number of carbonyl (C=O) groups excluding carboxylic acids is 1. The lowest BCUT2D eigenvalue weighted by Gasteiger charge is -2.21. The summed E-state index contributed by atoms with van der Waals surface area (Å²) in [6.07, 6.45) is 1.96. The summed E-state index contributed by atoms with van der Waals surface area (Å²) in [5.41, 5.74) is 2.04. The predicted molar refractivity (Wildman–Crippen MR) is 61.1 cm³/mol. The van der Waals surface area contributed by atoms with Gasteiger partial charge in [0, 0.05) is 11.5 Å². The Bertz CT molecular complexity index is 353. The van der Waals surface area contributed by atoms with Crippen LogP contribution in [0.4, 0.5) is 0 Å². The molecule has 0 atom stereocenters. The second-order valence-electron chi connectivity index (χ2n) is 4.26. The van der Waals surface area contributed by atoms with Gasteiger partial charge in [-0.05, 0) is 38.9 Å². The fourth-order valence-corrected chi connectivity index (χ4v) is 2.12. The molecule has 0 radical (unpaired) electrons. The highest BCUT2D eigenvalue weighted by Crippen LogP contribution is 2.18. The highest BCUT2D eigenvalue weighted by atomic mass is 16.1. The standard InChI is InChI=1S/C13H17NO/c1-10-3-2-4-12(9-10)13(15)11-5-7-14-8-6-11/h2-4,9,11,14H,5-8H2,1H3. The Balaban J connectivity index is 2.12. The van der Waals surface area contributed by atoms with Gasteiger partial charge in [0.05, 0.1) is 0 Å². The van der Waals surface area contributed by atoms with E-state index in [0.717, 1.165) is 37.1 Å². The molecule has 0 bridgehead atoms. The molecule has 0 aromatic heterocycles. The van der Waals surface area contributed by atoms with Gasteiger partial charge in [-0.1, -0.05) is 23.8 Å².